The number of hydrogen-bond donors (Lipinski definition) is 1. The van der Waals surface area contributed by atoms with Crippen LogP contribution in [0.15, 0.2) is 12.2 Å². The van der Waals surface area contributed by atoms with Gasteiger partial charge in [0.25, 0.3) is 0 Å². The van der Waals surface area contributed by atoms with Crippen molar-refractivity contribution in [3.05, 3.63) is 12.2 Å². The molecule has 3 unspecified atom stereocenters. The number of ketones is 2. The van der Waals surface area contributed by atoms with E-state index in [2.05, 4.69) is 6.92 Å². The minimum Gasteiger partial charge on any atom is -0.382 e. The molecule has 5 rings (SSSR count). The van der Waals surface area contributed by atoms with E-state index in [1.54, 1.807) is 6.08 Å². The molecule has 4 heteroatoms. The number of fused-ring (bicyclic) bond motifs is 4. The maximum atomic E-state index is 12.3. The zero-order valence-electron chi connectivity index (χ0n) is 12.9. The number of ether oxygens (including phenoxy) is 1. The van der Waals surface area contributed by atoms with Gasteiger partial charge in [0.15, 0.2) is 11.9 Å². The Morgan fingerprint density at radius 2 is 2.00 bits per heavy atom. The fourth-order valence-electron chi connectivity index (χ4n) is 6.42. The zero-order chi connectivity index (χ0) is 15.3. The van der Waals surface area contributed by atoms with Gasteiger partial charge >= 0.3 is 0 Å². The second-order valence-electron chi connectivity index (χ2n) is 8.28. The minimum atomic E-state index is -1.01. The van der Waals surface area contributed by atoms with Crippen LogP contribution in [-0.2, 0) is 14.3 Å². The molecule has 0 aromatic rings. The Bertz CT molecular complexity index is 625. The Morgan fingerprint density at radius 1 is 1.18 bits per heavy atom. The molecule has 0 bridgehead atoms. The highest BCUT2D eigenvalue weighted by molar-refractivity contribution is 5.98. The number of carbonyl (C=O) groups is 2. The van der Waals surface area contributed by atoms with Crippen molar-refractivity contribution in [2.24, 2.45) is 23.2 Å². The van der Waals surface area contributed by atoms with Crippen LogP contribution >= 0.6 is 0 Å². The summed E-state index contributed by atoms with van der Waals surface area (Å²) < 4.78 is 5.76. The van der Waals surface area contributed by atoms with E-state index >= 15 is 0 Å². The summed E-state index contributed by atoms with van der Waals surface area (Å²) in [5.41, 5.74) is -1.85. The van der Waals surface area contributed by atoms with Gasteiger partial charge in [0.05, 0.1) is 0 Å². The monoisotopic (exact) mass is 302 g/mol. The van der Waals surface area contributed by atoms with Crippen LogP contribution in [0.3, 0.4) is 0 Å². The third-order valence-corrected chi connectivity index (χ3v) is 7.69. The number of aliphatic hydroxyl groups is 1. The molecular formula is C18H22O4. The first kappa shape index (κ1) is 13.4. The zero-order valence-corrected chi connectivity index (χ0v) is 12.9. The average molecular weight is 302 g/mol. The fourth-order valence-corrected chi connectivity index (χ4v) is 6.42. The lowest BCUT2D eigenvalue weighted by Gasteiger charge is -2.55. The van der Waals surface area contributed by atoms with Crippen LogP contribution in [0.2, 0.25) is 0 Å². The molecule has 7 atom stereocenters. The van der Waals surface area contributed by atoms with Crippen LogP contribution in [0.5, 0.6) is 0 Å². The lowest BCUT2D eigenvalue weighted by atomic mass is 9.49. The second kappa shape index (κ2) is 3.73. The van der Waals surface area contributed by atoms with E-state index < -0.39 is 17.3 Å². The Balaban J connectivity index is 1.56. The summed E-state index contributed by atoms with van der Waals surface area (Å²) in [6.45, 7) is 2.13. The Labute approximate surface area is 129 Å². The van der Waals surface area contributed by atoms with Gasteiger partial charge < -0.3 is 9.84 Å². The summed E-state index contributed by atoms with van der Waals surface area (Å²) in [5, 5.41) is 11.4. The molecule has 4 aliphatic carbocycles. The minimum absolute atomic E-state index is 0.000170. The first-order valence-corrected chi connectivity index (χ1v) is 8.59. The average Bonchev–Trinajstić information content (AvgIpc) is 3.17. The standard InChI is InChI=1S/C18H22O4/c1-16-7-5-12-10(11(16)2-3-14(16)20)4-9-18-15(22-18)13(19)6-8-17(12,18)21/h6,8,10-12,15,21H,2-5,7,9H2,1H3/t10-,11-,12-,15?,16-,17?,18?/m0/s1. The van der Waals surface area contributed by atoms with Gasteiger partial charge in [0.1, 0.15) is 17.0 Å². The SMILES string of the molecule is C[C@]12CC[C@H]3[C@@H](CCC45OC4C(=O)C=CC35O)[C@@H]1CCC2=O. The first-order chi connectivity index (χ1) is 10.4. The molecule has 4 fully saturated rings. The molecule has 0 amide bonds. The molecule has 1 saturated heterocycles. The molecule has 0 radical (unpaired) electrons. The van der Waals surface area contributed by atoms with E-state index in [-0.39, 0.29) is 17.1 Å². The highest BCUT2D eigenvalue weighted by Gasteiger charge is 2.77. The van der Waals surface area contributed by atoms with Gasteiger partial charge in [-0.15, -0.1) is 0 Å². The van der Waals surface area contributed by atoms with E-state index in [1.807, 2.05) is 0 Å². The van der Waals surface area contributed by atoms with E-state index in [0.717, 1.165) is 32.1 Å². The van der Waals surface area contributed by atoms with Crippen LogP contribution in [-0.4, -0.2) is 34.0 Å². The number of hydrogen-bond acceptors (Lipinski definition) is 4. The predicted octanol–water partition coefficient (Wildman–Crippen LogP) is 1.80. The van der Waals surface area contributed by atoms with Crippen LogP contribution < -0.4 is 0 Å². The molecule has 0 aromatic heterocycles. The van der Waals surface area contributed by atoms with Gasteiger partial charge in [-0.3, -0.25) is 9.59 Å². The lowest BCUT2D eigenvalue weighted by Crippen LogP contribution is -2.62. The van der Waals surface area contributed by atoms with Gasteiger partial charge in [-0.25, -0.2) is 0 Å². The van der Waals surface area contributed by atoms with E-state index in [0.29, 0.717) is 24.0 Å². The van der Waals surface area contributed by atoms with Crippen molar-refractivity contribution in [2.75, 3.05) is 0 Å². The number of rotatable bonds is 0. The fraction of sp³-hybridized carbons (Fsp3) is 0.778. The molecule has 1 spiro atoms. The molecule has 1 aliphatic heterocycles. The van der Waals surface area contributed by atoms with Crippen molar-refractivity contribution >= 4 is 11.6 Å². The maximum absolute atomic E-state index is 12.3. The Kier molecular flexibility index (Phi) is 2.28. The summed E-state index contributed by atoms with van der Waals surface area (Å²) >= 11 is 0. The molecule has 3 saturated carbocycles. The van der Waals surface area contributed by atoms with Gasteiger partial charge in [0, 0.05) is 11.8 Å². The van der Waals surface area contributed by atoms with Gasteiger partial charge in [-0.05, 0) is 62.0 Å². The van der Waals surface area contributed by atoms with Gasteiger partial charge in [-0.2, -0.15) is 0 Å². The van der Waals surface area contributed by atoms with Crippen molar-refractivity contribution < 1.29 is 19.4 Å². The topological polar surface area (TPSA) is 66.9 Å². The number of carbonyl (C=O) groups excluding carboxylic acids is 2. The summed E-state index contributed by atoms with van der Waals surface area (Å²) in [6, 6.07) is 0. The maximum Gasteiger partial charge on any atom is 0.187 e. The molecule has 4 nitrogen and oxygen atoms in total. The Morgan fingerprint density at radius 3 is 2.82 bits per heavy atom. The molecule has 118 valence electrons. The van der Waals surface area contributed by atoms with Crippen molar-refractivity contribution in [3.63, 3.8) is 0 Å². The molecule has 22 heavy (non-hydrogen) atoms. The Hall–Kier alpha value is -1.00. The second-order valence-corrected chi connectivity index (χ2v) is 8.28. The molecular weight excluding hydrogens is 280 g/mol. The quantitative estimate of drug-likeness (QED) is 0.693. The van der Waals surface area contributed by atoms with E-state index in [9.17, 15) is 14.7 Å². The highest BCUT2D eigenvalue weighted by atomic mass is 16.6. The van der Waals surface area contributed by atoms with Crippen LogP contribution in [0, 0.1) is 23.2 Å². The normalized spacial score (nSPS) is 58.6. The van der Waals surface area contributed by atoms with Crippen molar-refractivity contribution in [2.45, 2.75) is 62.8 Å². The summed E-state index contributed by atoms with van der Waals surface area (Å²) in [7, 11) is 0. The van der Waals surface area contributed by atoms with Crippen LogP contribution in [0.25, 0.3) is 0 Å². The smallest absolute Gasteiger partial charge is 0.187 e. The predicted molar refractivity (Wildman–Crippen MR) is 78.0 cm³/mol. The summed E-state index contributed by atoms with van der Waals surface area (Å²) in [6.07, 6.45) is 7.90. The number of Topliss-reactive ketones (excluding diaryl/α,β-unsaturated/α-hetero) is 1. The largest absolute Gasteiger partial charge is 0.382 e. The highest BCUT2D eigenvalue weighted by Crippen LogP contribution is 2.67. The van der Waals surface area contributed by atoms with Gasteiger partial charge in [-0.1, -0.05) is 6.92 Å². The van der Waals surface area contributed by atoms with Crippen molar-refractivity contribution in [3.8, 4) is 0 Å². The summed E-state index contributed by atoms with van der Waals surface area (Å²) in [5.74, 6) is 1.31. The van der Waals surface area contributed by atoms with Crippen LogP contribution in [0.4, 0.5) is 0 Å². The first-order valence-electron chi connectivity index (χ1n) is 8.59. The van der Waals surface area contributed by atoms with Crippen molar-refractivity contribution in [1.29, 1.82) is 0 Å². The van der Waals surface area contributed by atoms with E-state index in [1.165, 1.54) is 6.08 Å². The van der Waals surface area contributed by atoms with E-state index in [4.69, 9.17) is 4.74 Å². The third kappa shape index (κ3) is 1.26. The third-order valence-electron chi connectivity index (χ3n) is 7.69. The number of epoxide rings is 1. The van der Waals surface area contributed by atoms with Gasteiger partial charge in [0.2, 0.25) is 0 Å². The molecule has 1 N–H and O–H groups in total. The lowest BCUT2D eigenvalue weighted by molar-refractivity contribution is -0.150. The van der Waals surface area contributed by atoms with Crippen LogP contribution in [0.1, 0.15) is 45.4 Å². The molecule has 0 aromatic carbocycles. The van der Waals surface area contributed by atoms with Crippen molar-refractivity contribution in [1.82, 2.24) is 0 Å². The summed E-state index contributed by atoms with van der Waals surface area (Å²) in [4.78, 5) is 24.2. The molecule has 5 aliphatic rings. The molecule has 1 heterocycles.